The molecule has 1 amide bonds. The van der Waals surface area contributed by atoms with Crippen LogP contribution in [-0.4, -0.2) is 49.0 Å². The standard InChI is InChI=1S/C17H21N3O5/c1-4-24-17(22)14-11(2)19-20-15(14)18-16(21)12-6-5-7-13(10-12)25-9-8-23-3/h5-7,10H,4,8-9H2,1-3H3,(H2,18,19,20,21). The smallest absolute Gasteiger partial charge is 0.343 e. The number of methoxy groups -OCH3 is 1. The molecule has 0 unspecified atom stereocenters. The summed E-state index contributed by atoms with van der Waals surface area (Å²) >= 11 is 0. The van der Waals surface area contributed by atoms with Gasteiger partial charge in [-0.1, -0.05) is 6.07 Å². The molecular formula is C17H21N3O5. The number of anilines is 1. The number of nitrogens with zero attached hydrogens (tertiary/aromatic N) is 1. The minimum Gasteiger partial charge on any atom is -0.491 e. The van der Waals surface area contributed by atoms with E-state index in [4.69, 9.17) is 14.2 Å². The first-order valence-electron chi connectivity index (χ1n) is 7.82. The lowest BCUT2D eigenvalue weighted by Gasteiger charge is -2.08. The van der Waals surface area contributed by atoms with E-state index in [1.54, 1.807) is 45.2 Å². The van der Waals surface area contributed by atoms with Crippen molar-refractivity contribution >= 4 is 17.7 Å². The van der Waals surface area contributed by atoms with Crippen LogP contribution in [0.25, 0.3) is 0 Å². The van der Waals surface area contributed by atoms with Gasteiger partial charge in [0.15, 0.2) is 5.82 Å². The highest BCUT2D eigenvalue weighted by molar-refractivity contribution is 6.07. The maximum absolute atomic E-state index is 12.4. The fourth-order valence-electron chi connectivity index (χ4n) is 2.12. The van der Waals surface area contributed by atoms with Gasteiger partial charge in [-0.25, -0.2) is 4.79 Å². The zero-order valence-corrected chi connectivity index (χ0v) is 14.4. The molecule has 0 aliphatic heterocycles. The highest BCUT2D eigenvalue weighted by atomic mass is 16.5. The largest absolute Gasteiger partial charge is 0.491 e. The van der Waals surface area contributed by atoms with E-state index in [0.717, 1.165) is 0 Å². The molecule has 0 saturated carbocycles. The molecule has 8 nitrogen and oxygen atoms in total. The van der Waals surface area contributed by atoms with Gasteiger partial charge in [-0.05, 0) is 32.0 Å². The number of H-pyrrole nitrogens is 1. The number of carbonyl (C=O) groups is 2. The number of aryl methyl sites for hydroxylation is 1. The number of esters is 1. The number of hydrogen-bond acceptors (Lipinski definition) is 6. The normalized spacial score (nSPS) is 10.4. The molecule has 2 rings (SSSR count). The van der Waals surface area contributed by atoms with E-state index < -0.39 is 11.9 Å². The highest BCUT2D eigenvalue weighted by Gasteiger charge is 2.21. The molecule has 0 bridgehead atoms. The molecule has 1 aromatic heterocycles. The van der Waals surface area contributed by atoms with E-state index in [9.17, 15) is 9.59 Å². The maximum Gasteiger partial charge on any atom is 0.343 e. The van der Waals surface area contributed by atoms with Crippen LogP contribution in [-0.2, 0) is 9.47 Å². The Morgan fingerprint density at radius 3 is 2.80 bits per heavy atom. The van der Waals surface area contributed by atoms with Crippen LogP contribution in [0.2, 0.25) is 0 Å². The van der Waals surface area contributed by atoms with E-state index in [-0.39, 0.29) is 18.0 Å². The number of aromatic amines is 1. The van der Waals surface area contributed by atoms with Gasteiger partial charge in [0.2, 0.25) is 0 Å². The third-order valence-electron chi connectivity index (χ3n) is 3.31. The molecule has 1 aromatic carbocycles. The summed E-state index contributed by atoms with van der Waals surface area (Å²) in [4.78, 5) is 24.4. The summed E-state index contributed by atoms with van der Waals surface area (Å²) < 4.78 is 15.4. The molecular weight excluding hydrogens is 326 g/mol. The molecule has 2 aromatic rings. The molecule has 0 aliphatic rings. The van der Waals surface area contributed by atoms with E-state index in [0.29, 0.717) is 30.2 Å². The SMILES string of the molecule is CCOC(=O)c1c(NC(=O)c2cccc(OCCOC)c2)n[nH]c1C. The van der Waals surface area contributed by atoms with Gasteiger partial charge < -0.3 is 19.5 Å². The van der Waals surface area contributed by atoms with Crippen molar-refractivity contribution in [2.45, 2.75) is 13.8 Å². The Hall–Kier alpha value is -2.87. The predicted octanol–water partition coefficient (Wildman–Crippen LogP) is 2.17. The minimum absolute atomic E-state index is 0.131. The van der Waals surface area contributed by atoms with Crippen molar-refractivity contribution in [2.75, 3.05) is 32.2 Å². The van der Waals surface area contributed by atoms with Crippen LogP contribution in [0.5, 0.6) is 5.75 Å². The Kier molecular flexibility index (Phi) is 6.53. The molecule has 0 radical (unpaired) electrons. The van der Waals surface area contributed by atoms with Crippen molar-refractivity contribution in [3.8, 4) is 5.75 Å². The van der Waals surface area contributed by atoms with Gasteiger partial charge in [0, 0.05) is 18.4 Å². The quantitative estimate of drug-likeness (QED) is 0.560. The second-order valence-electron chi connectivity index (χ2n) is 5.12. The zero-order valence-electron chi connectivity index (χ0n) is 14.4. The molecule has 0 fully saturated rings. The van der Waals surface area contributed by atoms with E-state index in [2.05, 4.69) is 15.5 Å². The van der Waals surface area contributed by atoms with Crippen LogP contribution >= 0.6 is 0 Å². The van der Waals surface area contributed by atoms with Crippen molar-refractivity contribution in [3.05, 3.63) is 41.1 Å². The first-order chi connectivity index (χ1) is 12.1. The average Bonchev–Trinajstić information content (AvgIpc) is 2.96. The number of ether oxygens (including phenoxy) is 3. The fraction of sp³-hybridized carbons (Fsp3) is 0.353. The number of hydrogen-bond donors (Lipinski definition) is 2. The average molecular weight is 347 g/mol. The van der Waals surface area contributed by atoms with Crippen molar-refractivity contribution in [1.29, 1.82) is 0 Å². The van der Waals surface area contributed by atoms with Crippen LogP contribution in [0.15, 0.2) is 24.3 Å². The fourth-order valence-corrected chi connectivity index (χ4v) is 2.12. The van der Waals surface area contributed by atoms with Crippen LogP contribution in [0.3, 0.4) is 0 Å². The van der Waals surface area contributed by atoms with E-state index in [1.807, 2.05) is 0 Å². The lowest BCUT2D eigenvalue weighted by Crippen LogP contribution is -2.16. The second kappa shape index (κ2) is 8.84. The first-order valence-corrected chi connectivity index (χ1v) is 7.82. The Labute approximate surface area is 145 Å². The van der Waals surface area contributed by atoms with Crippen LogP contribution in [0.1, 0.15) is 33.3 Å². The maximum atomic E-state index is 12.4. The summed E-state index contributed by atoms with van der Waals surface area (Å²) in [6.45, 7) is 4.45. The van der Waals surface area contributed by atoms with Crippen molar-refractivity contribution in [2.24, 2.45) is 0 Å². The number of amides is 1. The molecule has 8 heteroatoms. The van der Waals surface area contributed by atoms with Gasteiger partial charge >= 0.3 is 5.97 Å². The monoisotopic (exact) mass is 347 g/mol. The number of aromatic nitrogens is 2. The highest BCUT2D eigenvalue weighted by Crippen LogP contribution is 2.19. The van der Waals surface area contributed by atoms with Gasteiger partial charge in [0.25, 0.3) is 5.91 Å². The number of carbonyl (C=O) groups excluding carboxylic acids is 2. The van der Waals surface area contributed by atoms with Crippen molar-refractivity contribution < 1.29 is 23.8 Å². The van der Waals surface area contributed by atoms with E-state index >= 15 is 0 Å². The van der Waals surface area contributed by atoms with Gasteiger partial charge in [-0.15, -0.1) is 0 Å². The molecule has 0 atom stereocenters. The minimum atomic E-state index is -0.541. The van der Waals surface area contributed by atoms with Gasteiger partial charge in [-0.3, -0.25) is 9.89 Å². The second-order valence-corrected chi connectivity index (χ2v) is 5.12. The molecule has 134 valence electrons. The number of rotatable bonds is 8. The summed E-state index contributed by atoms with van der Waals surface area (Å²) in [5.41, 5.74) is 1.11. The summed E-state index contributed by atoms with van der Waals surface area (Å²) in [6.07, 6.45) is 0. The molecule has 25 heavy (non-hydrogen) atoms. The Morgan fingerprint density at radius 1 is 1.28 bits per heavy atom. The molecule has 2 N–H and O–H groups in total. The Morgan fingerprint density at radius 2 is 2.08 bits per heavy atom. The topological polar surface area (TPSA) is 103 Å². The lowest BCUT2D eigenvalue weighted by molar-refractivity contribution is 0.0527. The Balaban J connectivity index is 2.12. The Bertz CT molecular complexity index is 742. The summed E-state index contributed by atoms with van der Waals surface area (Å²) in [5.74, 6) is -0.268. The zero-order chi connectivity index (χ0) is 18.2. The third kappa shape index (κ3) is 4.80. The van der Waals surface area contributed by atoms with Crippen molar-refractivity contribution in [1.82, 2.24) is 10.2 Å². The molecule has 1 heterocycles. The van der Waals surface area contributed by atoms with Crippen LogP contribution in [0, 0.1) is 6.92 Å². The van der Waals surface area contributed by atoms with Gasteiger partial charge in [0.05, 0.1) is 13.2 Å². The first kappa shape index (κ1) is 18.5. The summed E-state index contributed by atoms with van der Waals surface area (Å²) in [5, 5.41) is 9.26. The van der Waals surface area contributed by atoms with Crippen LogP contribution < -0.4 is 10.1 Å². The third-order valence-corrected chi connectivity index (χ3v) is 3.31. The molecule has 0 aliphatic carbocycles. The van der Waals surface area contributed by atoms with Gasteiger partial charge in [0.1, 0.15) is 17.9 Å². The lowest BCUT2D eigenvalue weighted by atomic mass is 10.2. The summed E-state index contributed by atoms with van der Waals surface area (Å²) in [6, 6.07) is 6.70. The van der Waals surface area contributed by atoms with E-state index in [1.165, 1.54) is 0 Å². The molecule has 0 saturated heterocycles. The number of nitrogens with one attached hydrogen (secondary N) is 2. The molecule has 0 spiro atoms. The van der Waals surface area contributed by atoms with Crippen LogP contribution in [0.4, 0.5) is 5.82 Å². The predicted molar refractivity (Wildman–Crippen MR) is 91.0 cm³/mol. The van der Waals surface area contributed by atoms with Gasteiger partial charge in [-0.2, -0.15) is 5.10 Å². The van der Waals surface area contributed by atoms with Crippen molar-refractivity contribution in [3.63, 3.8) is 0 Å². The summed E-state index contributed by atoms with van der Waals surface area (Å²) in [7, 11) is 1.58. The number of benzene rings is 1.